The molecule has 1 aliphatic rings. The number of ether oxygens (including phenoxy) is 2. The van der Waals surface area contributed by atoms with Gasteiger partial charge in [-0.05, 0) is 36.8 Å². The number of thioether (sulfide) groups is 1. The average Bonchev–Trinajstić information content (AvgIpc) is 3.12. The number of para-hydroxylation sites is 1. The normalized spacial score (nSPS) is 19.0. The molecule has 0 saturated carbocycles. The van der Waals surface area contributed by atoms with Crippen molar-refractivity contribution in [2.75, 3.05) is 19.0 Å². The number of amides is 1. The average molecular weight is 406 g/mol. The van der Waals surface area contributed by atoms with Crippen LogP contribution in [0, 0.1) is 0 Å². The SMILES string of the molecule is CCOC(=O)C1CSC(c2cccc(Cl)c2)N1C(=O)COc1ccccc1. The van der Waals surface area contributed by atoms with Crippen LogP contribution in [0.4, 0.5) is 0 Å². The fourth-order valence-electron chi connectivity index (χ4n) is 2.88. The Hall–Kier alpha value is -2.18. The Labute approximate surface area is 167 Å². The minimum atomic E-state index is -0.647. The zero-order valence-corrected chi connectivity index (χ0v) is 16.4. The molecule has 3 rings (SSSR count). The summed E-state index contributed by atoms with van der Waals surface area (Å²) < 4.78 is 10.8. The molecule has 0 bridgehead atoms. The van der Waals surface area contributed by atoms with E-state index in [0.29, 0.717) is 16.5 Å². The number of rotatable bonds is 6. The number of benzene rings is 2. The summed E-state index contributed by atoms with van der Waals surface area (Å²) in [6.07, 6.45) is 0. The van der Waals surface area contributed by atoms with Crippen LogP contribution in [0.3, 0.4) is 0 Å². The van der Waals surface area contributed by atoms with Crippen LogP contribution in [0.15, 0.2) is 54.6 Å². The number of carbonyl (C=O) groups excluding carboxylic acids is 2. The highest BCUT2D eigenvalue weighted by Gasteiger charge is 2.43. The van der Waals surface area contributed by atoms with Crippen LogP contribution in [-0.4, -0.2) is 41.8 Å². The molecule has 0 radical (unpaired) electrons. The van der Waals surface area contributed by atoms with Crippen LogP contribution in [-0.2, 0) is 14.3 Å². The lowest BCUT2D eigenvalue weighted by Gasteiger charge is -2.28. The number of hydrogen-bond acceptors (Lipinski definition) is 5. The molecule has 27 heavy (non-hydrogen) atoms. The molecular weight excluding hydrogens is 386 g/mol. The van der Waals surface area contributed by atoms with Crippen LogP contribution in [0.5, 0.6) is 5.75 Å². The number of esters is 1. The summed E-state index contributed by atoms with van der Waals surface area (Å²) in [7, 11) is 0. The highest BCUT2D eigenvalue weighted by Crippen LogP contribution is 2.42. The van der Waals surface area contributed by atoms with Gasteiger partial charge in [-0.3, -0.25) is 4.79 Å². The van der Waals surface area contributed by atoms with E-state index in [9.17, 15) is 9.59 Å². The molecule has 2 aromatic rings. The number of nitrogens with zero attached hydrogens (tertiary/aromatic N) is 1. The molecule has 2 aromatic carbocycles. The van der Waals surface area contributed by atoms with Crippen molar-refractivity contribution in [3.63, 3.8) is 0 Å². The molecule has 1 heterocycles. The Balaban J connectivity index is 1.81. The lowest BCUT2D eigenvalue weighted by Crippen LogP contribution is -2.45. The molecule has 1 saturated heterocycles. The first-order valence-corrected chi connectivity index (χ1v) is 10.1. The predicted molar refractivity (Wildman–Crippen MR) is 106 cm³/mol. The lowest BCUT2D eigenvalue weighted by molar-refractivity contribution is -0.154. The second-order valence-electron chi connectivity index (χ2n) is 5.91. The van der Waals surface area contributed by atoms with E-state index in [-0.39, 0.29) is 24.5 Å². The van der Waals surface area contributed by atoms with Gasteiger partial charge in [0.25, 0.3) is 5.91 Å². The molecule has 5 nitrogen and oxygen atoms in total. The molecule has 1 amide bonds. The molecule has 0 aromatic heterocycles. The maximum absolute atomic E-state index is 13.0. The first-order valence-electron chi connectivity index (χ1n) is 8.63. The summed E-state index contributed by atoms with van der Waals surface area (Å²) in [4.78, 5) is 26.9. The maximum Gasteiger partial charge on any atom is 0.329 e. The van der Waals surface area contributed by atoms with Crippen LogP contribution in [0.1, 0.15) is 17.9 Å². The van der Waals surface area contributed by atoms with Crippen molar-refractivity contribution in [2.45, 2.75) is 18.3 Å². The first-order chi connectivity index (χ1) is 13.1. The third kappa shape index (κ3) is 4.76. The second kappa shape index (κ2) is 9.15. The zero-order chi connectivity index (χ0) is 19.2. The summed E-state index contributed by atoms with van der Waals surface area (Å²) in [6, 6.07) is 15.8. The van der Waals surface area contributed by atoms with E-state index >= 15 is 0 Å². The third-order valence-electron chi connectivity index (χ3n) is 4.09. The van der Waals surface area contributed by atoms with Crippen LogP contribution < -0.4 is 4.74 Å². The van der Waals surface area contributed by atoms with Gasteiger partial charge in [0, 0.05) is 10.8 Å². The summed E-state index contributed by atoms with van der Waals surface area (Å²) in [6.45, 7) is 1.86. The van der Waals surface area contributed by atoms with Crippen molar-refractivity contribution < 1.29 is 19.1 Å². The van der Waals surface area contributed by atoms with Crippen molar-refractivity contribution in [3.05, 3.63) is 65.2 Å². The van der Waals surface area contributed by atoms with Crippen molar-refractivity contribution >= 4 is 35.2 Å². The lowest BCUT2D eigenvalue weighted by atomic mass is 10.1. The van der Waals surface area contributed by atoms with Gasteiger partial charge < -0.3 is 14.4 Å². The second-order valence-corrected chi connectivity index (χ2v) is 7.46. The highest BCUT2D eigenvalue weighted by atomic mass is 35.5. The molecule has 2 unspecified atom stereocenters. The fraction of sp³-hybridized carbons (Fsp3) is 0.300. The van der Waals surface area contributed by atoms with E-state index in [4.69, 9.17) is 21.1 Å². The Morgan fingerprint density at radius 1 is 1.19 bits per heavy atom. The standard InChI is InChI=1S/C20H20ClNO4S/c1-2-25-20(24)17-13-27-19(14-7-6-8-15(21)11-14)22(17)18(23)12-26-16-9-4-3-5-10-16/h3-11,17,19H,2,12-13H2,1H3. The summed E-state index contributed by atoms with van der Waals surface area (Å²) in [5.41, 5.74) is 0.868. The highest BCUT2D eigenvalue weighted by molar-refractivity contribution is 7.99. The minimum Gasteiger partial charge on any atom is -0.484 e. The van der Waals surface area contributed by atoms with Crippen molar-refractivity contribution in [1.29, 1.82) is 0 Å². The molecule has 0 aliphatic carbocycles. The molecule has 142 valence electrons. The first kappa shape index (κ1) is 19.6. The van der Waals surface area contributed by atoms with Crippen LogP contribution in [0.25, 0.3) is 0 Å². The van der Waals surface area contributed by atoms with Gasteiger partial charge in [-0.2, -0.15) is 0 Å². The van der Waals surface area contributed by atoms with E-state index in [1.165, 1.54) is 11.8 Å². The van der Waals surface area contributed by atoms with Gasteiger partial charge in [-0.15, -0.1) is 11.8 Å². The van der Waals surface area contributed by atoms with Crippen LogP contribution in [0.2, 0.25) is 5.02 Å². The molecule has 7 heteroatoms. The quantitative estimate of drug-likeness (QED) is 0.681. The van der Waals surface area contributed by atoms with Gasteiger partial charge >= 0.3 is 5.97 Å². The number of halogens is 1. The largest absolute Gasteiger partial charge is 0.484 e. The van der Waals surface area contributed by atoms with Gasteiger partial charge in [0.1, 0.15) is 17.2 Å². The number of carbonyl (C=O) groups is 2. The molecule has 0 spiro atoms. The fourth-order valence-corrected chi connectivity index (χ4v) is 4.51. The summed E-state index contributed by atoms with van der Waals surface area (Å²) >= 11 is 7.63. The maximum atomic E-state index is 13.0. The Morgan fingerprint density at radius 3 is 2.67 bits per heavy atom. The van der Waals surface area contributed by atoms with Crippen molar-refractivity contribution in [2.24, 2.45) is 0 Å². The zero-order valence-electron chi connectivity index (χ0n) is 14.8. The molecule has 1 fully saturated rings. The van der Waals surface area contributed by atoms with Gasteiger partial charge in [0.05, 0.1) is 6.61 Å². The monoisotopic (exact) mass is 405 g/mol. The van der Waals surface area contributed by atoms with Gasteiger partial charge in [-0.25, -0.2) is 4.79 Å². The van der Waals surface area contributed by atoms with Crippen molar-refractivity contribution in [1.82, 2.24) is 4.90 Å². The Kier molecular flexibility index (Phi) is 6.63. The van der Waals surface area contributed by atoms with Crippen molar-refractivity contribution in [3.8, 4) is 5.75 Å². The summed E-state index contributed by atoms with van der Waals surface area (Å²) in [5.74, 6) is 0.395. The van der Waals surface area contributed by atoms with Gasteiger partial charge in [0.2, 0.25) is 0 Å². The molecule has 0 N–H and O–H groups in total. The Morgan fingerprint density at radius 2 is 1.96 bits per heavy atom. The smallest absolute Gasteiger partial charge is 0.329 e. The van der Waals surface area contributed by atoms with E-state index in [1.807, 2.05) is 36.4 Å². The van der Waals surface area contributed by atoms with E-state index in [1.54, 1.807) is 30.0 Å². The number of hydrogen-bond donors (Lipinski definition) is 0. The summed E-state index contributed by atoms with van der Waals surface area (Å²) in [5, 5.41) is 0.269. The molecule has 2 atom stereocenters. The minimum absolute atomic E-state index is 0.155. The van der Waals surface area contributed by atoms with E-state index in [2.05, 4.69) is 0 Å². The van der Waals surface area contributed by atoms with Gasteiger partial charge in [-0.1, -0.05) is 41.9 Å². The predicted octanol–water partition coefficient (Wildman–Crippen LogP) is 3.92. The van der Waals surface area contributed by atoms with Crippen LogP contribution >= 0.6 is 23.4 Å². The topological polar surface area (TPSA) is 55.8 Å². The Bertz CT molecular complexity index is 802. The third-order valence-corrected chi connectivity index (χ3v) is 5.64. The van der Waals surface area contributed by atoms with E-state index < -0.39 is 12.0 Å². The molecular formula is C20H20ClNO4S. The van der Waals surface area contributed by atoms with E-state index in [0.717, 1.165) is 5.56 Å². The van der Waals surface area contributed by atoms with Gasteiger partial charge in [0.15, 0.2) is 6.61 Å². The molecule has 1 aliphatic heterocycles.